The summed E-state index contributed by atoms with van der Waals surface area (Å²) < 4.78 is 23.0. The number of hydrogen-bond acceptors (Lipinski definition) is 3. The van der Waals surface area contributed by atoms with Crippen molar-refractivity contribution in [3.05, 3.63) is 82.6 Å². The molecule has 6 heteroatoms. The van der Waals surface area contributed by atoms with Crippen molar-refractivity contribution in [3.63, 3.8) is 0 Å². The van der Waals surface area contributed by atoms with Crippen molar-refractivity contribution >= 4 is 21.6 Å². The van der Waals surface area contributed by atoms with E-state index in [4.69, 9.17) is 4.74 Å². The Hall–Kier alpha value is -2.31. The van der Waals surface area contributed by atoms with Gasteiger partial charge in [-0.05, 0) is 35.9 Å². The highest BCUT2D eigenvalue weighted by atomic mass is 79.9. The summed E-state index contributed by atoms with van der Waals surface area (Å²) in [6.07, 6.45) is 5.75. The molecule has 2 aromatic rings. The fourth-order valence-corrected chi connectivity index (χ4v) is 3.38. The first-order valence-electron chi connectivity index (χ1n) is 9.10. The maximum absolute atomic E-state index is 14.6. The van der Waals surface area contributed by atoms with Gasteiger partial charge in [-0.1, -0.05) is 51.0 Å². The molecule has 3 rings (SSSR count). The Morgan fingerprint density at radius 2 is 2.00 bits per heavy atom. The smallest absolute Gasteiger partial charge is 0.241 e. The number of halogens is 2. The monoisotopic (exact) mass is 444 g/mol. The third kappa shape index (κ3) is 4.75. The minimum absolute atomic E-state index is 0.211. The summed E-state index contributed by atoms with van der Waals surface area (Å²) in [6, 6.07) is 11.0. The van der Waals surface area contributed by atoms with Crippen LogP contribution in [0.5, 0.6) is 5.75 Å². The number of nitrogens with zero attached hydrogens (tertiary/aromatic N) is 3. The van der Waals surface area contributed by atoms with E-state index in [0.29, 0.717) is 6.61 Å². The molecule has 4 nitrogen and oxygen atoms in total. The summed E-state index contributed by atoms with van der Waals surface area (Å²) in [5.41, 5.74) is 2.73. The molecular weight excluding hydrogens is 421 g/mol. The quantitative estimate of drug-likeness (QED) is 0.398. The zero-order valence-corrected chi connectivity index (χ0v) is 17.7. The van der Waals surface area contributed by atoms with Gasteiger partial charge in [0.15, 0.2) is 24.7 Å². The van der Waals surface area contributed by atoms with Crippen molar-refractivity contribution in [3.8, 4) is 5.75 Å². The van der Waals surface area contributed by atoms with Gasteiger partial charge in [0.1, 0.15) is 6.61 Å². The lowest BCUT2D eigenvalue weighted by Crippen LogP contribution is -2.17. The fraction of sp³-hybridized carbons (Fsp3) is 0.273. The van der Waals surface area contributed by atoms with Gasteiger partial charge >= 0.3 is 0 Å². The number of azo groups is 2. The summed E-state index contributed by atoms with van der Waals surface area (Å²) in [6.45, 7) is 5.64. The fourth-order valence-electron chi connectivity index (χ4n) is 3.11. The molecule has 0 amide bonds. The summed E-state index contributed by atoms with van der Waals surface area (Å²) in [5, 5.41) is 4.65. The second-order valence-electron chi connectivity index (χ2n) is 6.73. The van der Waals surface area contributed by atoms with Gasteiger partial charge in [0.25, 0.3) is 0 Å². The lowest BCUT2D eigenvalue weighted by molar-refractivity contribution is -0.477. The second kappa shape index (κ2) is 9.26. The van der Waals surface area contributed by atoms with Crippen LogP contribution < -0.4 is 4.74 Å². The minimum atomic E-state index is -0.372. The Labute approximate surface area is 173 Å². The molecule has 1 aliphatic heterocycles. The van der Waals surface area contributed by atoms with Crippen molar-refractivity contribution < 1.29 is 13.8 Å². The van der Waals surface area contributed by atoms with Crippen molar-refractivity contribution in [1.82, 2.24) is 4.90 Å². The van der Waals surface area contributed by atoms with Gasteiger partial charge in [0.2, 0.25) is 5.69 Å². The highest BCUT2D eigenvalue weighted by molar-refractivity contribution is 9.10. The molecule has 1 aliphatic rings. The molecule has 0 spiro atoms. The molecule has 0 aliphatic carbocycles. The Balaban J connectivity index is 1.71. The SMILES string of the molecule is C=CCN(C)C/C=C/COc1cc2c(cc1F)C(c1ccc(Br)cc1)N=[N+]2C. The zero-order chi connectivity index (χ0) is 20.1. The number of hydrogen-bond donors (Lipinski definition) is 0. The van der Waals surface area contributed by atoms with Gasteiger partial charge in [-0.2, -0.15) is 0 Å². The van der Waals surface area contributed by atoms with Crippen LogP contribution in [0.3, 0.4) is 0 Å². The number of rotatable bonds is 8. The number of benzene rings is 2. The lowest BCUT2D eigenvalue weighted by Gasteiger charge is -2.10. The molecule has 1 atom stereocenters. The van der Waals surface area contributed by atoms with Crippen molar-refractivity contribution in [1.29, 1.82) is 0 Å². The molecule has 0 N–H and O–H groups in total. The normalized spacial score (nSPS) is 15.8. The Kier molecular flexibility index (Phi) is 6.75. The summed E-state index contributed by atoms with van der Waals surface area (Å²) in [5.74, 6) is -0.134. The van der Waals surface area contributed by atoms with Crippen LogP contribution in [0, 0.1) is 5.82 Å². The molecule has 1 unspecified atom stereocenters. The summed E-state index contributed by atoms with van der Waals surface area (Å²) in [4.78, 5) is 2.11. The number of likely N-dealkylation sites (N-methyl/N-ethyl adjacent to an activating group) is 1. The largest absolute Gasteiger partial charge is 0.486 e. The molecule has 0 fully saturated rings. The Bertz CT molecular complexity index is 909. The van der Waals surface area contributed by atoms with Crippen LogP contribution in [-0.4, -0.2) is 43.4 Å². The Morgan fingerprint density at radius 3 is 2.71 bits per heavy atom. The van der Waals surface area contributed by atoms with Crippen molar-refractivity contribution in [2.45, 2.75) is 6.04 Å². The highest BCUT2D eigenvalue weighted by Crippen LogP contribution is 2.41. The van der Waals surface area contributed by atoms with Crippen LogP contribution >= 0.6 is 15.9 Å². The van der Waals surface area contributed by atoms with E-state index in [2.05, 4.69) is 32.5 Å². The van der Waals surface area contributed by atoms with Crippen molar-refractivity contribution in [2.24, 2.45) is 5.11 Å². The predicted molar refractivity (Wildman–Crippen MR) is 113 cm³/mol. The Morgan fingerprint density at radius 1 is 1.25 bits per heavy atom. The van der Waals surface area contributed by atoms with Gasteiger partial charge in [0, 0.05) is 17.6 Å². The van der Waals surface area contributed by atoms with Gasteiger partial charge in [-0.25, -0.2) is 4.39 Å². The van der Waals surface area contributed by atoms with Crippen LogP contribution in [0.1, 0.15) is 17.2 Å². The summed E-state index contributed by atoms with van der Waals surface area (Å²) in [7, 11) is 3.88. The van der Waals surface area contributed by atoms with Crippen LogP contribution in [0.4, 0.5) is 10.1 Å². The van der Waals surface area contributed by atoms with Crippen LogP contribution in [-0.2, 0) is 0 Å². The molecule has 1 heterocycles. The van der Waals surface area contributed by atoms with E-state index in [0.717, 1.165) is 34.4 Å². The van der Waals surface area contributed by atoms with Gasteiger partial charge in [-0.3, -0.25) is 4.90 Å². The first kappa shape index (κ1) is 20.4. The third-order valence-electron chi connectivity index (χ3n) is 4.56. The first-order chi connectivity index (χ1) is 13.5. The third-order valence-corrected chi connectivity index (χ3v) is 5.09. The molecule has 0 saturated carbocycles. The molecule has 2 aromatic carbocycles. The van der Waals surface area contributed by atoms with Crippen LogP contribution in [0.15, 0.2) is 70.8 Å². The molecular formula is C22H24BrFN3O+. The topological polar surface area (TPSA) is 27.8 Å². The first-order valence-corrected chi connectivity index (χ1v) is 9.89. The molecule has 0 saturated heterocycles. The zero-order valence-electron chi connectivity index (χ0n) is 16.1. The highest BCUT2D eigenvalue weighted by Gasteiger charge is 2.33. The minimum Gasteiger partial charge on any atom is -0.486 e. The molecule has 0 bridgehead atoms. The van der Waals surface area contributed by atoms with Crippen LogP contribution in [0.25, 0.3) is 0 Å². The second-order valence-corrected chi connectivity index (χ2v) is 7.64. The summed E-state index contributed by atoms with van der Waals surface area (Å²) >= 11 is 3.44. The van der Waals surface area contributed by atoms with E-state index < -0.39 is 0 Å². The van der Waals surface area contributed by atoms with Crippen LogP contribution in [0.2, 0.25) is 0 Å². The van der Waals surface area contributed by atoms with Gasteiger partial charge in [0.05, 0.1) is 11.6 Å². The van der Waals surface area contributed by atoms with Gasteiger partial charge in [-0.15, -0.1) is 6.58 Å². The molecule has 0 aromatic heterocycles. The average molecular weight is 445 g/mol. The average Bonchev–Trinajstić information content (AvgIpc) is 2.98. The number of fused-ring (bicyclic) bond motifs is 1. The maximum atomic E-state index is 14.6. The van der Waals surface area contributed by atoms with Gasteiger partial charge < -0.3 is 4.74 Å². The van der Waals surface area contributed by atoms with E-state index in [1.165, 1.54) is 6.07 Å². The van der Waals surface area contributed by atoms with E-state index >= 15 is 0 Å². The maximum Gasteiger partial charge on any atom is 0.241 e. The van der Waals surface area contributed by atoms with E-state index in [-0.39, 0.29) is 17.6 Å². The molecule has 146 valence electrons. The van der Waals surface area contributed by atoms with E-state index in [1.807, 2.05) is 56.6 Å². The predicted octanol–water partition coefficient (Wildman–Crippen LogP) is 5.47. The standard InChI is InChI=1S/C22H24BrFN3O/c1-4-11-26(2)12-5-6-13-28-21-15-20-18(14-19(21)24)22(25-27(20)3)16-7-9-17(23)10-8-16/h4-10,14-15,22H,1,11-13H2,2-3H3/q+1/b6-5+. The van der Waals surface area contributed by atoms with E-state index in [1.54, 1.807) is 10.8 Å². The van der Waals surface area contributed by atoms with Crippen molar-refractivity contribution in [2.75, 3.05) is 33.8 Å². The number of ether oxygens (including phenoxy) is 1. The lowest BCUT2D eigenvalue weighted by atomic mass is 9.98. The molecule has 28 heavy (non-hydrogen) atoms. The van der Waals surface area contributed by atoms with E-state index in [9.17, 15) is 4.39 Å². The molecule has 0 radical (unpaired) electrons.